The highest BCUT2D eigenvalue weighted by Gasteiger charge is 2.26. The molecule has 0 aliphatic carbocycles. The number of nitrogens with one attached hydrogen (secondary N) is 2. The van der Waals surface area contributed by atoms with Crippen molar-refractivity contribution in [3.05, 3.63) is 59.7 Å². The van der Waals surface area contributed by atoms with Crippen molar-refractivity contribution in [2.24, 2.45) is 0 Å². The molecule has 176 valence electrons. The molecule has 2 aliphatic rings. The molecule has 0 bridgehead atoms. The molecule has 1 fully saturated rings. The minimum absolute atomic E-state index is 0.166. The van der Waals surface area contributed by atoms with E-state index in [0.29, 0.717) is 19.5 Å². The predicted molar refractivity (Wildman–Crippen MR) is 126 cm³/mol. The van der Waals surface area contributed by atoms with Crippen molar-refractivity contribution in [2.45, 2.75) is 51.0 Å². The summed E-state index contributed by atoms with van der Waals surface area (Å²) in [5, 5.41) is 6.12. The highest BCUT2D eigenvalue weighted by Crippen LogP contribution is 2.36. The van der Waals surface area contributed by atoms with Gasteiger partial charge in [-0.2, -0.15) is 0 Å². The molecule has 1 atom stereocenters. The van der Waals surface area contributed by atoms with Gasteiger partial charge in [0.05, 0.1) is 6.04 Å². The van der Waals surface area contributed by atoms with E-state index >= 15 is 0 Å². The molecule has 3 amide bonds. The maximum atomic E-state index is 12.9. The molecule has 7 heteroatoms. The van der Waals surface area contributed by atoms with E-state index in [9.17, 15) is 9.59 Å². The molecular weight excluding hydrogens is 418 g/mol. The van der Waals surface area contributed by atoms with Crippen LogP contribution in [0.1, 0.15) is 56.7 Å². The van der Waals surface area contributed by atoms with Crippen LogP contribution in [-0.4, -0.2) is 43.3 Å². The fourth-order valence-electron chi connectivity index (χ4n) is 4.30. The zero-order valence-corrected chi connectivity index (χ0v) is 19.4. The molecule has 0 spiro atoms. The number of nitrogens with zero attached hydrogens (tertiary/aromatic N) is 1. The number of fused-ring (bicyclic) bond motifs is 1. The second-order valence-corrected chi connectivity index (χ2v) is 9.39. The summed E-state index contributed by atoms with van der Waals surface area (Å²) in [4.78, 5) is 27.3. The zero-order chi connectivity index (χ0) is 23.3. The zero-order valence-electron chi connectivity index (χ0n) is 19.4. The van der Waals surface area contributed by atoms with Gasteiger partial charge in [0.2, 0.25) is 12.7 Å². The van der Waals surface area contributed by atoms with Crippen LogP contribution >= 0.6 is 0 Å². The molecule has 7 nitrogen and oxygen atoms in total. The van der Waals surface area contributed by atoms with E-state index in [1.807, 2.05) is 53.4 Å². The van der Waals surface area contributed by atoms with E-state index in [2.05, 4.69) is 24.5 Å². The van der Waals surface area contributed by atoms with E-state index in [1.54, 1.807) is 0 Å². The lowest BCUT2D eigenvalue weighted by atomic mass is 9.84. The Morgan fingerprint density at radius 1 is 1.06 bits per heavy atom. The summed E-state index contributed by atoms with van der Waals surface area (Å²) in [6.45, 7) is 6.05. The molecule has 4 rings (SSSR count). The molecular formula is C26H33N3O4. The lowest BCUT2D eigenvalue weighted by molar-refractivity contribution is -0.131. The molecule has 2 aromatic carbocycles. The molecule has 1 saturated heterocycles. The second kappa shape index (κ2) is 10.1. The highest BCUT2D eigenvalue weighted by molar-refractivity contribution is 5.77. The largest absolute Gasteiger partial charge is 0.454 e. The van der Waals surface area contributed by atoms with Crippen molar-refractivity contribution in [3.8, 4) is 11.5 Å². The van der Waals surface area contributed by atoms with Crippen molar-refractivity contribution in [3.63, 3.8) is 0 Å². The number of amides is 3. The smallest absolute Gasteiger partial charge is 0.315 e. The van der Waals surface area contributed by atoms with E-state index < -0.39 is 0 Å². The van der Waals surface area contributed by atoms with Crippen LogP contribution in [0, 0.1) is 0 Å². The normalized spacial score (nSPS) is 16.8. The van der Waals surface area contributed by atoms with Crippen LogP contribution in [0.15, 0.2) is 48.5 Å². The Balaban J connectivity index is 1.40. The summed E-state index contributed by atoms with van der Waals surface area (Å²) in [5.41, 5.74) is 1.74. The Morgan fingerprint density at radius 2 is 1.85 bits per heavy atom. The van der Waals surface area contributed by atoms with Crippen LogP contribution in [0.4, 0.5) is 4.79 Å². The Labute approximate surface area is 195 Å². The van der Waals surface area contributed by atoms with Crippen molar-refractivity contribution in [1.29, 1.82) is 0 Å². The fourth-order valence-corrected chi connectivity index (χ4v) is 4.30. The van der Waals surface area contributed by atoms with Crippen molar-refractivity contribution in [1.82, 2.24) is 15.5 Å². The monoisotopic (exact) mass is 451 g/mol. The van der Waals surface area contributed by atoms with E-state index in [-0.39, 0.29) is 30.2 Å². The number of rotatable bonds is 7. The molecule has 2 heterocycles. The van der Waals surface area contributed by atoms with Gasteiger partial charge in [0.15, 0.2) is 11.5 Å². The van der Waals surface area contributed by atoms with Gasteiger partial charge in [-0.25, -0.2) is 4.79 Å². The molecule has 1 unspecified atom stereocenters. The number of hydrogen-bond acceptors (Lipinski definition) is 4. The van der Waals surface area contributed by atoms with Crippen molar-refractivity contribution < 1.29 is 19.1 Å². The van der Waals surface area contributed by atoms with Crippen LogP contribution in [0.2, 0.25) is 0 Å². The first kappa shape index (κ1) is 23.0. The summed E-state index contributed by atoms with van der Waals surface area (Å²) in [6, 6.07) is 15.2. The highest BCUT2D eigenvalue weighted by atomic mass is 16.7. The first-order valence-electron chi connectivity index (χ1n) is 11.7. The third kappa shape index (κ3) is 5.78. The summed E-state index contributed by atoms with van der Waals surface area (Å²) < 4.78 is 10.9. The summed E-state index contributed by atoms with van der Waals surface area (Å²) in [7, 11) is 0. The van der Waals surface area contributed by atoms with Gasteiger partial charge in [0.1, 0.15) is 0 Å². The molecule has 2 aromatic rings. The van der Waals surface area contributed by atoms with Crippen LogP contribution in [0.3, 0.4) is 0 Å². The number of hydrogen-bond donors (Lipinski definition) is 2. The minimum Gasteiger partial charge on any atom is -0.454 e. The SMILES string of the molecule is CC(C)(CNC(=O)NC(CN1CCCCCC1=O)c1ccccc1)c1ccc2c(c1)OCO2. The molecule has 33 heavy (non-hydrogen) atoms. The third-order valence-electron chi connectivity index (χ3n) is 6.43. The Kier molecular flexibility index (Phi) is 7.06. The molecule has 0 aromatic heterocycles. The topological polar surface area (TPSA) is 79.9 Å². The van der Waals surface area contributed by atoms with Crippen LogP contribution in [0.25, 0.3) is 0 Å². The van der Waals surface area contributed by atoms with Crippen LogP contribution < -0.4 is 20.1 Å². The number of carbonyl (C=O) groups excluding carboxylic acids is 2. The Morgan fingerprint density at radius 3 is 2.67 bits per heavy atom. The molecule has 2 aliphatic heterocycles. The van der Waals surface area contributed by atoms with Gasteiger partial charge in [-0.3, -0.25) is 4.79 Å². The molecule has 2 N–H and O–H groups in total. The number of ether oxygens (including phenoxy) is 2. The van der Waals surface area contributed by atoms with Crippen LogP contribution in [-0.2, 0) is 10.2 Å². The quantitative estimate of drug-likeness (QED) is 0.663. The van der Waals surface area contributed by atoms with E-state index in [1.165, 1.54) is 0 Å². The lowest BCUT2D eigenvalue weighted by Crippen LogP contribution is -2.46. The maximum Gasteiger partial charge on any atom is 0.315 e. The molecule has 0 saturated carbocycles. The summed E-state index contributed by atoms with van der Waals surface area (Å²) >= 11 is 0. The first-order chi connectivity index (χ1) is 15.9. The lowest BCUT2D eigenvalue weighted by Gasteiger charge is -2.29. The molecule has 0 radical (unpaired) electrons. The third-order valence-corrected chi connectivity index (χ3v) is 6.43. The first-order valence-corrected chi connectivity index (χ1v) is 11.7. The second-order valence-electron chi connectivity index (χ2n) is 9.39. The van der Waals surface area contributed by atoms with Crippen molar-refractivity contribution in [2.75, 3.05) is 26.4 Å². The van der Waals surface area contributed by atoms with Gasteiger partial charge < -0.3 is 25.0 Å². The number of urea groups is 1. The maximum absolute atomic E-state index is 12.9. The standard InChI is InChI=1S/C26H33N3O4/c1-26(2,20-12-13-22-23(15-20)33-18-32-22)17-27-25(31)28-21(19-9-5-3-6-10-19)16-29-14-8-4-7-11-24(29)30/h3,5-6,9-10,12-13,15,21H,4,7-8,11,14,16-18H2,1-2H3,(H2,27,28,31). The Bertz CT molecular complexity index is 977. The van der Waals surface area contributed by atoms with Gasteiger partial charge >= 0.3 is 6.03 Å². The van der Waals surface area contributed by atoms with E-state index in [4.69, 9.17) is 9.47 Å². The van der Waals surface area contributed by atoms with Crippen LogP contribution in [0.5, 0.6) is 11.5 Å². The number of likely N-dealkylation sites (tertiary alicyclic amines) is 1. The number of benzene rings is 2. The average Bonchev–Trinajstić information content (AvgIpc) is 3.20. The van der Waals surface area contributed by atoms with Gasteiger partial charge in [0, 0.05) is 31.5 Å². The van der Waals surface area contributed by atoms with Crippen molar-refractivity contribution >= 4 is 11.9 Å². The Hall–Kier alpha value is -3.22. The fraction of sp³-hybridized carbons (Fsp3) is 0.462. The number of carbonyl (C=O) groups is 2. The predicted octanol–water partition coefficient (Wildman–Crippen LogP) is 4.14. The minimum atomic E-state index is -0.304. The average molecular weight is 452 g/mol. The van der Waals surface area contributed by atoms with E-state index in [0.717, 1.165) is 48.4 Å². The van der Waals surface area contributed by atoms with Gasteiger partial charge in [-0.05, 0) is 36.1 Å². The summed E-state index contributed by atoms with van der Waals surface area (Å²) in [5.74, 6) is 1.64. The van der Waals surface area contributed by atoms with Gasteiger partial charge in [-0.15, -0.1) is 0 Å². The summed E-state index contributed by atoms with van der Waals surface area (Å²) in [6.07, 6.45) is 3.59. The van der Waals surface area contributed by atoms with Gasteiger partial charge in [0.25, 0.3) is 0 Å². The van der Waals surface area contributed by atoms with Gasteiger partial charge in [-0.1, -0.05) is 56.7 Å².